The number of para-hydroxylation sites is 1. The minimum Gasteiger partial charge on any atom is -0.314 e. The van der Waals surface area contributed by atoms with E-state index >= 15 is 0 Å². The summed E-state index contributed by atoms with van der Waals surface area (Å²) in [6.07, 6.45) is 7.60. The number of hydrogen-bond acceptors (Lipinski definition) is 2. The zero-order valence-electron chi connectivity index (χ0n) is 10.8. The molecule has 1 fully saturated rings. The van der Waals surface area contributed by atoms with E-state index in [4.69, 9.17) is 5.26 Å². The predicted molar refractivity (Wildman–Crippen MR) is 74.5 cm³/mol. The van der Waals surface area contributed by atoms with Crippen molar-refractivity contribution in [2.45, 2.75) is 32.1 Å². The average molecular weight is 255 g/mol. The van der Waals surface area contributed by atoms with Gasteiger partial charge >= 0.3 is 6.03 Å². The van der Waals surface area contributed by atoms with E-state index in [0.717, 1.165) is 12.8 Å². The van der Waals surface area contributed by atoms with Crippen molar-refractivity contribution in [3.63, 3.8) is 0 Å². The average Bonchev–Trinajstić information content (AvgIpc) is 2.47. The zero-order valence-corrected chi connectivity index (χ0v) is 10.8. The summed E-state index contributed by atoms with van der Waals surface area (Å²) in [5.74, 6) is 0. The molecule has 4 heteroatoms. The molecule has 1 saturated carbocycles. The summed E-state index contributed by atoms with van der Waals surface area (Å²) in [5, 5.41) is 14.3. The fourth-order valence-corrected chi connectivity index (χ4v) is 2.17. The first kappa shape index (κ1) is 13.2. The molecule has 1 aliphatic carbocycles. The van der Waals surface area contributed by atoms with E-state index in [1.807, 2.05) is 6.07 Å². The molecular weight excluding hydrogens is 238 g/mol. The van der Waals surface area contributed by atoms with Gasteiger partial charge in [-0.1, -0.05) is 24.1 Å². The molecule has 2 amide bonds. The van der Waals surface area contributed by atoms with Gasteiger partial charge in [-0.3, -0.25) is 0 Å². The van der Waals surface area contributed by atoms with Crippen LogP contribution in [0.15, 0.2) is 36.0 Å². The van der Waals surface area contributed by atoms with Crippen LogP contribution >= 0.6 is 0 Å². The number of allylic oxidation sites excluding steroid dienone is 1. The third-order valence-electron chi connectivity index (χ3n) is 3.20. The molecule has 0 aliphatic heterocycles. The van der Waals surface area contributed by atoms with Crippen LogP contribution in [-0.2, 0) is 0 Å². The van der Waals surface area contributed by atoms with E-state index < -0.39 is 0 Å². The van der Waals surface area contributed by atoms with E-state index in [9.17, 15) is 4.79 Å². The first-order chi connectivity index (χ1) is 9.29. The number of urea groups is 1. The quantitative estimate of drug-likeness (QED) is 0.849. The van der Waals surface area contributed by atoms with Gasteiger partial charge in [-0.25, -0.2) is 4.79 Å². The Balaban J connectivity index is 1.92. The van der Waals surface area contributed by atoms with Gasteiger partial charge in [-0.15, -0.1) is 0 Å². The van der Waals surface area contributed by atoms with Crippen molar-refractivity contribution in [2.75, 3.05) is 5.32 Å². The minimum absolute atomic E-state index is 0.305. The number of nitrogens with one attached hydrogen (secondary N) is 2. The smallest absolute Gasteiger partial charge is 0.314 e. The summed E-state index contributed by atoms with van der Waals surface area (Å²) in [7, 11) is 0. The molecule has 0 bridgehead atoms. The molecule has 0 atom stereocenters. The Morgan fingerprint density at radius 1 is 1.21 bits per heavy atom. The summed E-state index contributed by atoms with van der Waals surface area (Å²) < 4.78 is 0. The van der Waals surface area contributed by atoms with Gasteiger partial charge in [-0.2, -0.15) is 5.26 Å². The number of hydrogen-bond donors (Lipinski definition) is 2. The van der Waals surface area contributed by atoms with E-state index in [-0.39, 0.29) is 6.03 Å². The summed E-state index contributed by atoms with van der Waals surface area (Å²) in [6, 6.07) is 8.69. The molecule has 0 radical (unpaired) electrons. The van der Waals surface area contributed by atoms with E-state index in [2.05, 4.69) is 10.6 Å². The lowest BCUT2D eigenvalue weighted by atomic mass is 9.96. The lowest BCUT2D eigenvalue weighted by Crippen LogP contribution is -2.25. The van der Waals surface area contributed by atoms with Crippen LogP contribution in [0.25, 0.3) is 0 Å². The summed E-state index contributed by atoms with van der Waals surface area (Å²) in [6.45, 7) is 0. The molecule has 19 heavy (non-hydrogen) atoms. The van der Waals surface area contributed by atoms with Crippen LogP contribution in [0.4, 0.5) is 10.5 Å². The maximum atomic E-state index is 11.7. The van der Waals surface area contributed by atoms with Crippen molar-refractivity contribution in [1.82, 2.24) is 5.32 Å². The standard InChI is InChI=1S/C15H17N3O/c16-10-13-8-4-5-9-14(13)18-15(19)17-11-12-6-2-1-3-7-12/h4-5,8-9,11H,1-3,6-7H2,(H2,17,18,19). The molecule has 0 spiro atoms. The Kier molecular flexibility index (Phi) is 4.57. The Morgan fingerprint density at radius 2 is 1.95 bits per heavy atom. The highest BCUT2D eigenvalue weighted by Crippen LogP contribution is 2.21. The van der Waals surface area contributed by atoms with Crippen molar-refractivity contribution in [3.05, 3.63) is 41.6 Å². The fraction of sp³-hybridized carbons (Fsp3) is 0.333. The number of nitrogens with zero attached hydrogens (tertiary/aromatic N) is 1. The molecule has 0 heterocycles. The SMILES string of the molecule is N#Cc1ccccc1NC(=O)NC=C1CCCCC1. The lowest BCUT2D eigenvalue weighted by Gasteiger charge is -2.13. The van der Waals surface area contributed by atoms with Crippen molar-refractivity contribution in [3.8, 4) is 6.07 Å². The molecule has 0 unspecified atom stereocenters. The molecule has 1 aromatic carbocycles. The lowest BCUT2D eigenvalue weighted by molar-refractivity contribution is 0.255. The van der Waals surface area contributed by atoms with Crippen molar-refractivity contribution in [1.29, 1.82) is 5.26 Å². The van der Waals surface area contributed by atoms with Gasteiger partial charge in [-0.05, 0) is 37.8 Å². The second-order valence-corrected chi connectivity index (χ2v) is 4.62. The number of anilines is 1. The van der Waals surface area contributed by atoms with E-state index in [1.165, 1.54) is 24.8 Å². The number of carbonyl (C=O) groups excluding carboxylic acids is 1. The van der Waals surface area contributed by atoms with Crippen LogP contribution in [0, 0.1) is 11.3 Å². The molecule has 1 aliphatic rings. The van der Waals surface area contributed by atoms with Gasteiger partial charge < -0.3 is 10.6 Å². The molecule has 2 N–H and O–H groups in total. The summed E-state index contributed by atoms with van der Waals surface area (Å²) in [5.41, 5.74) is 2.28. The monoisotopic (exact) mass is 255 g/mol. The van der Waals surface area contributed by atoms with Gasteiger partial charge in [0.05, 0.1) is 11.3 Å². The second kappa shape index (κ2) is 6.60. The molecule has 4 nitrogen and oxygen atoms in total. The highest BCUT2D eigenvalue weighted by Gasteiger charge is 2.07. The van der Waals surface area contributed by atoms with Crippen LogP contribution in [0.1, 0.15) is 37.7 Å². The van der Waals surface area contributed by atoms with Gasteiger partial charge in [0.25, 0.3) is 0 Å². The van der Waals surface area contributed by atoms with Crippen molar-refractivity contribution < 1.29 is 4.79 Å². The maximum Gasteiger partial charge on any atom is 0.323 e. The number of rotatable bonds is 2. The van der Waals surface area contributed by atoms with Crippen LogP contribution < -0.4 is 10.6 Å². The third-order valence-corrected chi connectivity index (χ3v) is 3.20. The molecule has 98 valence electrons. The van der Waals surface area contributed by atoms with Crippen molar-refractivity contribution >= 4 is 11.7 Å². The highest BCUT2D eigenvalue weighted by atomic mass is 16.2. The largest absolute Gasteiger partial charge is 0.323 e. The van der Waals surface area contributed by atoms with Gasteiger partial charge in [0.1, 0.15) is 6.07 Å². The molecule has 2 rings (SSSR count). The Hall–Kier alpha value is -2.28. The fourth-order valence-electron chi connectivity index (χ4n) is 2.17. The molecule has 0 saturated heterocycles. The minimum atomic E-state index is -0.305. The zero-order chi connectivity index (χ0) is 13.5. The Morgan fingerprint density at radius 3 is 2.68 bits per heavy atom. The van der Waals surface area contributed by atoms with Crippen LogP contribution in [0.3, 0.4) is 0 Å². The summed E-state index contributed by atoms with van der Waals surface area (Å²) in [4.78, 5) is 11.7. The second-order valence-electron chi connectivity index (χ2n) is 4.62. The van der Waals surface area contributed by atoms with Crippen LogP contribution in [0.2, 0.25) is 0 Å². The first-order valence-corrected chi connectivity index (χ1v) is 6.54. The number of carbonyl (C=O) groups is 1. The van der Waals surface area contributed by atoms with Crippen LogP contribution in [-0.4, -0.2) is 6.03 Å². The molecular formula is C15H17N3O. The molecule has 1 aromatic rings. The Labute approximate surface area is 113 Å². The van der Waals surface area contributed by atoms with Gasteiger partial charge in [0.2, 0.25) is 0 Å². The predicted octanol–water partition coefficient (Wildman–Crippen LogP) is 3.53. The third kappa shape index (κ3) is 3.85. The molecule has 0 aromatic heterocycles. The maximum absolute atomic E-state index is 11.7. The highest BCUT2D eigenvalue weighted by molar-refractivity contribution is 5.91. The first-order valence-electron chi connectivity index (χ1n) is 6.54. The number of amides is 2. The number of nitriles is 1. The van der Waals surface area contributed by atoms with Crippen LogP contribution in [0.5, 0.6) is 0 Å². The van der Waals surface area contributed by atoms with E-state index in [1.54, 1.807) is 30.5 Å². The normalized spacial score (nSPS) is 14.4. The Bertz CT molecular complexity index is 520. The van der Waals surface area contributed by atoms with Crippen molar-refractivity contribution in [2.24, 2.45) is 0 Å². The number of benzene rings is 1. The topological polar surface area (TPSA) is 64.9 Å². The summed E-state index contributed by atoms with van der Waals surface area (Å²) >= 11 is 0. The van der Waals surface area contributed by atoms with E-state index in [0.29, 0.717) is 11.3 Å². The van der Waals surface area contributed by atoms with Gasteiger partial charge in [0, 0.05) is 6.20 Å². The van der Waals surface area contributed by atoms with Gasteiger partial charge in [0.15, 0.2) is 0 Å².